The number of rotatable bonds is 2. The van der Waals surface area contributed by atoms with Crippen molar-refractivity contribution in [3.8, 4) is 0 Å². The lowest BCUT2D eigenvalue weighted by atomic mass is 10.2. The summed E-state index contributed by atoms with van der Waals surface area (Å²) in [7, 11) is 0. The third-order valence-electron chi connectivity index (χ3n) is 2.50. The van der Waals surface area contributed by atoms with Crippen LogP contribution >= 0.6 is 39.7 Å². The predicted octanol–water partition coefficient (Wildman–Crippen LogP) is 5.22. The fraction of sp³-hybridized carbons (Fsp3) is 0.0714. The van der Waals surface area contributed by atoms with E-state index in [1.54, 1.807) is 0 Å². The highest BCUT2D eigenvalue weighted by Gasteiger charge is 2.01. The molecule has 0 atom stereocenters. The summed E-state index contributed by atoms with van der Waals surface area (Å²) in [5, 5.41) is 7.43. The first kappa shape index (κ1) is 14.3. The Hall–Kier alpha value is -1.10. The zero-order chi connectivity index (χ0) is 13.8. The normalized spacial score (nSPS) is 10.1. The smallest absolute Gasteiger partial charge is 0.175 e. The second kappa shape index (κ2) is 6.37. The molecule has 0 bridgehead atoms. The first-order valence-electron chi connectivity index (χ1n) is 5.64. The van der Waals surface area contributed by atoms with Crippen molar-refractivity contribution >= 4 is 56.2 Å². The number of halogens is 2. The number of hydrogen-bond donors (Lipinski definition) is 2. The molecule has 2 aromatic carbocycles. The van der Waals surface area contributed by atoms with Gasteiger partial charge in [0.15, 0.2) is 5.11 Å². The largest absolute Gasteiger partial charge is 0.332 e. The zero-order valence-corrected chi connectivity index (χ0v) is 13.4. The SMILES string of the molecule is Cc1cc(NC(=S)Nc2cccc(Cl)c2)ccc1Br. The second-order valence-corrected chi connectivity index (χ2v) is 5.75. The molecule has 0 saturated heterocycles. The lowest BCUT2D eigenvalue weighted by Gasteiger charge is -2.11. The molecular formula is C14H12BrClN2S. The summed E-state index contributed by atoms with van der Waals surface area (Å²) in [6.45, 7) is 2.03. The molecule has 19 heavy (non-hydrogen) atoms. The van der Waals surface area contributed by atoms with Gasteiger partial charge in [-0.05, 0) is 61.1 Å². The number of hydrogen-bond acceptors (Lipinski definition) is 1. The number of anilines is 2. The fourth-order valence-corrected chi connectivity index (χ4v) is 2.25. The average molecular weight is 356 g/mol. The van der Waals surface area contributed by atoms with E-state index in [2.05, 4.69) is 26.6 Å². The van der Waals surface area contributed by atoms with E-state index in [4.69, 9.17) is 23.8 Å². The summed E-state index contributed by atoms with van der Waals surface area (Å²) >= 11 is 14.6. The molecule has 2 aromatic rings. The highest BCUT2D eigenvalue weighted by molar-refractivity contribution is 9.10. The summed E-state index contributed by atoms with van der Waals surface area (Å²) in [5.74, 6) is 0. The van der Waals surface area contributed by atoms with Gasteiger partial charge in [0.05, 0.1) is 0 Å². The molecule has 5 heteroatoms. The van der Waals surface area contributed by atoms with E-state index in [0.29, 0.717) is 10.1 Å². The number of thiocarbonyl (C=S) groups is 1. The lowest BCUT2D eigenvalue weighted by molar-refractivity contribution is 1.43. The molecule has 0 saturated carbocycles. The third kappa shape index (κ3) is 4.20. The highest BCUT2D eigenvalue weighted by atomic mass is 79.9. The minimum atomic E-state index is 0.531. The number of aryl methyl sites for hydroxylation is 1. The van der Waals surface area contributed by atoms with Gasteiger partial charge in [0, 0.05) is 20.9 Å². The molecule has 0 radical (unpaired) electrons. The van der Waals surface area contributed by atoms with Crippen LogP contribution < -0.4 is 10.6 Å². The first-order chi connectivity index (χ1) is 9.04. The number of benzene rings is 2. The molecule has 98 valence electrons. The molecule has 2 rings (SSSR count). The Labute approximate surface area is 131 Å². The van der Waals surface area contributed by atoms with Crippen LogP contribution in [0.4, 0.5) is 11.4 Å². The predicted molar refractivity (Wildman–Crippen MR) is 90.2 cm³/mol. The van der Waals surface area contributed by atoms with E-state index in [1.165, 1.54) is 0 Å². The van der Waals surface area contributed by atoms with Gasteiger partial charge in [0.25, 0.3) is 0 Å². The summed E-state index contributed by atoms with van der Waals surface area (Å²) in [6, 6.07) is 13.4. The standard InChI is InChI=1S/C14H12BrClN2S/c1-9-7-12(5-6-13(9)15)18-14(19)17-11-4-2-3-10(16)8-11/h2-8H,1H3,(H2,17,18,19). The van der Waals surface area contributed by atoms with Crippen LogP contribution in [0.1, 0.15) is 5.56 Å². The van der Waals surface area contributed by atoms with Crippen LogP contribution in [0.25, 0.3) is 0 Å². The van der Waals surface area contributed by atoms with Crippen molar-refractivity contribution in [2.24, 2.45) is 0 Å². The Balaban J connectivity index is 2.03. The van der Waals surface area contributed by atoms with E-state index in [1.807, 2.05) is 49.4 Å². The van der Waals surface area contributed by atoms with Gasteiger partial charge < -0.3 is 10.6 Å². The molecule has 2 nitrogen and oxygen atoms in total. The summed E-state index contributed by atoms with van der Waals surface area (Å²) in [6.07, 6.45) is 0. The van der Waals surface area contributed by atoms with Crippen molar-refractivity contribution in [1.29, 1.82) is 0 Å². The molecule has 0 aliphatic rings. The molecule has 0 spiro atoms. The quantitative estimate of drug-likeness (QED) is 0.722. The van der Waals surface area contributed by atoms with Gasteiger partial charge in [-0.15, -0.1) is 0 Å². The Bertz CT molecular complexity index is 616. The maximum absolute atomic E-state index is 5.92. The molecule has 0 aliphatic heterocycles. The van der Waals surface area contributed by atoms with Crippen molar-refractivity contribution < 1.29 is 0 Å². The molecule has 0 fully saturated rings. The second-order valence-electron chi connectivity index (χ2n) is 4.05. The van der Waals surface area contributed by atoms with Gasteiger partial charge in [-0.3, -0.25) is 0 Å². The van der Waals surface area contributed by atoms with Gasteiger partial charge >= 0.3 is 0 Å². The van der Waals surface area contributed by atoms with Crippen molar-refractivity contribution in [2.45, 2.75) is 6.92 Å². The maximum atomic E-state index is 5.92. The molecule has 0 unspecified atom stereocenters. The van der Waals surface area contributed by atoms with E-state index in [-0.39, 0.29) is 0 Å². The molecule has 0 amide bonds. The van der Waals surface area contributed by atoms with Gasteiger partial charge in [0.1, 0.15) is 0 Å². The monoisotopic (exact) mass is 354 g/mol. The van der Waals surface area contributed by atoms with Crippen molar-refractivity contribution in [3.05, 3.63) is 57.5 Å². The van der Waals surface area contributed by atoms with Crippen LogP contribution in [0.5, 0.6) is 0 Å². The Kier molecular flexibility index (Phi) is 4.80. The zero-order valence-electron chi connectivity index (χ0n) is 10.2. The van der Waals surface area contributed by atoms with E-state index >= 15 is 0 Å². The van der Waals surface area contributed by atoms with Gasteiger partial charge in [-0.2, -0.15) is 0 Å². The van der Waals surface area contributed by atoms with Crippen molar-refractivity contribution in [2.75, 3.05) is 10.6 Å². The fourth-order valence-electron chi connectivity index (χ4n) is 1.58. The van der Waals surface area contributed by atoms with Crippen LogP contribution in [-0.2, 0) is 0 Å². The summed E-state index contributed by atoms with van der Waals surface area (Å²) in [5.41, 5.74) is 2.95. The van der Waals surface area contributed by atoms with E-state index < -0.39 is 0 Å². The molecular weight excluding hydrogens is 344 g/mol. The average Bonchev–Trinajstić information content (AvgIpc) is 2.34. The minimum Gasteiger partial charge on any atom is -0.332 e. The lowest BCUT2D eigenvalue weighted by Crippen LogP contribution is -2.19. The number of nitrogens with one attached hydrogen (secondary N) is 2. The van der Waals surface area contributed by atoms with Crippen molar-refractivity contribution in [3.63, 3.8) is 0 Å². The van der Waals surface area contributed by atoms with Crippen LogP contribution in [0.2, 0.25) is 5.02 Å². The van der Waals surface area contributed by atoms with E-state index in [0.717, 1.165) is 21.4 Å². The summed E-state index contributed by atoms with van der Waals surface area (Å²) < 4.78 is 1.08. The van der Waals surface area contributed by atoms with Crippen LogP contribution in [0.3, 0.4) is 0 Å². The van der Waals surface area contributed by atoms with Crippen LogP contribution in [-0.4, -0.2) is 5.11 Å². The van der Waals surface area contributed by atoms with Crippen molar-refractivity contribution in [1.82, 2.24) is 0 Å². The molecule has 0 aliphatic carbocycles. The van der Waals surface area contributed by atoms with Gasteiger partial charge in [0.2, 0.25) is 0 Å². The van der Waals surface area contributed by atoms with Gasteiger partial charge in [-0.1, -0.05) is 33.6 Å². The minimum absolute atomic E-state index is 0.531. The Morgan fingerprint density at radius 3 is 2.42 bits per heavy atom. The third-order valence-corrected chi connectivity index (χ3v) is 3.83. The molecule has 0 heterocycles. The van der Waals surface area contributed by atoms with E-state index in [9.17, 15) is 0 Å². The maximum Gasteiger partial charge on any atom is 0.175 e. The first-order valence-corrected chi connectivity index (χ1v) is 7.22. The van der Waals surface area contributed by atoms with Crippen LogP contribution in [0.15, 0.2) is 46.9 Å². The van der Waals surface area contributed by atoms with Gasteiger partial charge in [-0.25, -0.2) is 0 Å². The Morgan fingerprint density at radius 1 is 1.11 bits per heavy atom. The summed E-state index contributed by atoms with van der Waals surface area (Å²) in [4.78, 5) is 0. The van der Waals surface area contributed by atoms with Crippen LogP contribution in [0, 0.1) is 6.92 Å². The molecule has 2 N–H and O–H groups in total. The topological polar surface area (TPSA) is 24.1 Å². The Morgan fingerprint density at radius 2 is 1.79 bits per heavy atom. The molecule has 0 aromatic heterocycles. The highest BCUT2D eigenvalue weighted by Crippen LogP contribution is 2.20.